The van der Waals surface area contributed by atoms with Crippen molar-refractivity contribution in [3.63, 3.8) is 0 Å². The monoisotopic (exact) mass is 565 g/mol. The minimum atomic E-state index is -0.583. The Morgan fingerprint density at radius 3 is 2.54 bits per heavy atom. The zero-order valence-corrected chi connectivity index (χ0v) is 25.2. The van der Waals surface area contributed by atoms with Gasteiger partial charge in [0, 0.05) is 51.4 Å². The van der Waals surface area contributed by atoms with Gasteiger partial charge in [-0.2, -0.15) is 4.98 Å². The van der Waals surface area contributed by atoms with Crippen molar-refractivity contribution in [2.45, 2.75) is 52.5 Å². The first-order valence-electron chi connectivity index (χ1n) is 14.1. The van der Waals surface area contributed by atoms with Crippen LogP contribution < -0.4 is 15.5 Å². The molecular formula is C31H44FN7O2. The van der Waals surface area contributed by atoms with Crippen LogP contribution in [0.1, 0.15) is 52.0 Å². The molecule has 0 unspecified atom stereocenters. The van der Waals surface area contributed by atoms with Gasteiger partial charge in [-0.25, -0.2) is 9.37 Å². The van der Waals surface area contributed by atoms with Crippen molar-refractivity contribution >= 4 is 29.3 Å². The summed E-state index contributed by atoms with van der Waals surface area (Å²) in [4.78, 5) is 39.5. The minimum Gasteiger partial charge on any atom is -0.355 e. The maximum atomic E-state index is 13.6. The van der Waals surface area contributed by atoms with E-state index in [1.54, 1.807) is 38.4 Å². The zero-order valence-electron chi connectivity index (χ0n) is 25.2. The number of hydrogen-bond acceptors (Lipinski definition) is 7. The first-order chi connectivity index (χ1) is 19.7. The van der Waals surface area contributed by atoms with Crippen LogP contribution in [0, 0.1) is 17.7 Å². The molecule has 0 aliphatic carbocycles. The molecule has 0 saturated heterocycles. The van der Waals surface area contributed by atoms with Crippen molar-refractivity contribution in [2.75, 3.05) is 57.5 Å². The van der Waals surface area contributed by atoms with E-state index < -0.39 is 6.04 Å². The molecule has 10 heteroatoms. The Balaban J connectivity index is 2.00. The summed E-state index contributed by atoms with van der Waals surface area (Å²) in [5.41, 5.74) is 1.29. The number of anilines is 3. The maximum Gasteiger partial charge on any atom is 0.246 e. The van der Waals surface area contributed by atoms with E-state index in [-0.39, 0.29) is 17.6 Å². The van der Waals surface area contributed by atoms with Gasteiger partial charge in [0.2, 0.25) is 17.8 Å². The summed E-state index contributed by atoms with van der Waals surface area (Å²) in [6.07, 6.45) is 8.10. The number of hydrogen-bond donors (Lipinski definition) is 2. The average Bonchev–Trinajstić information content (AvgIpc) is 2.94. The van der Waals surface area contributed by atoms with Crippen molar-refractivity contribution in [2.24, 2.45) is 0 Å². The number of aromatic nitrogens is 2. The molecule has 1 aromatic carbocycles. The van der Waals surface area contributed by atoms with Crippen LogP contribution in [0.3, 0.4) is 0 Å². The highest BCUT2D eigenvalue weighted by molar-refractivity contribution is 5.92. The van der Waals surface area contributed by atoms with E-state index in [4.69, 9.17) is 4.98 Å². The van der Waals surface area contributed by atoms with Gasteiger partial charge in [0.25, 0.3) is 0 Å². The first-order valence-corrected chi connectivity index (χ1v) is 14.1. The summed E-state index contributed by atoms with van der Waals surface area (Å²) < 4.78 is 13.6. The average molecular weight is 566 g/mol. The second-order valence-electron chi connectivity index (χ2n) is 10.0. The summed E-state index contributed by atoms with van der Waals surface area (Å²) in [6.45, 7) is 8.70. The van der Waals surface area contributed by atoms with Crippen molar-refractivity contribution in [3.05, 3.63) is 54.0 Å². The molecule has 0 spiro atoms. The fourth-order valence-electron chi connectivity index (χ4n) is 3.86. The van der Waals surface area contributed by atoms with Gasteiger partial charge in [0.05, 0.1) is 11.8 Å². The highest BCUT2D eigenvalue weighted by Crippen LogP contribution is 2.21. The Hall–Kier alpha value is -3.97. The third-order valence-electron chi connectivity index (χ3n) is 6.18. The third-order valence-corrected chi connectivity index (χ3v) is 6.18. The van der Waals surface area contributed by atoms with Crippen LogP contribution >= 0.6 is 0 Å². The smallest absolute Gasteiger partial charge is 0.246 e. The second-order valence-corrected chi connectivity index (χ2v) is 10.0. The van der Waals surface area contributed by atoms with Crippen LogP contribution in [0.5, 0.6) is 0 Å². The quantitative estimate of drug-likeness (QED) is 0.190. The van der Waals surface area contributed by atoms with Crippen molar-refractivity contribution in [1.82, 2.24) is 25.1 Å². The Morgan fingerprint density at radius 2 is 1.88 bits per heavy atom. The maximum absolute atomic E-state index is 13.6. The standard InChI is InChI=1S/C31H44FN7O2/c1-7-19-39(20-8-2)29-25(23-34-31(36-29)35-27-16-12-15-26(32)22-27)14-10-9-11-18-33-30(41)24(3)38(6)28(40)17-13-21-37(4)5/h12-13,15-17,22-24H,7-9,11,18-21H2,1-6H3,(H,33,41)(H,34,35,36)/b17-13+/t24-/m0/s1. The lowest BCUT2D eigenvalue weighted by atomic mass is 10.2. The number of carbonyl (C=O) groups excluding carboxylic acids is 2. The van der Waals surface area contributed by atoms with Crippen LogP contribution in [0.4, 0.5) is 21.8 Å². The van der Waals surface area contributed by atoms with Gasteiger partial charge in [0.15, 0.2) is 0 Å². The molecular weight excluding hydrogens is 521 g/mol. The Bertz CT molecular complexity index is 1220. The van der Waals surface area contributed by atoms with Gasteiger partial charge >= 0.3 is 0 Å². The number of rotatable bonds is 15. The number of amides is 2. The molecule has 0 aliphatic rings. The number of carbonyl (C=O) groups is 2. The van der Waals surface area contributed by atoms with Crippen LogP contribution in [0.2, 0.25) is 0 Å². The molecule has 222 valence electrons. The number of nitrogens with zero attached hydrogens (tertiary/aromatic N) is 5. The molecule has 2 amide bonds. The van der Waals surface area contributed by atoms with Gasteiger partial charge in [0.1, 0.15) is 17.7 Å². The molecule has 9 nitrogen and oxygen atoms in total. The number of unbranched alkanes of at least 4 members (excludes halogenated alkanes) is 1. The second kappa shape index (κ2) is 17.7. The summed E-state index contributed by atoms with van der Waals surface area (Å²) in [7, 11) is 5.46. The molecule has 0 aliphatic heterocycles. The molecule has 0 saturated carbocycles. The first kappa shape index (κ1) is 33.2. The lowest BCUT2D eigenvalue weighted by Gasteiger charge is -2.24. The fraction of sp³-hybridized carbons (Fsp3) is 0.484. The Labute approximate surface area is 244 Å². The van der Waals surface area contributed by atoms with Gasteiger partial charge in [-0.3, -0.25) is 9.59 Å². The van der Waals surface area contributed by atoms with E-state index >= 15 is 0 Å². The molecule has 0 fully saturated rings. The SMILES string of the molecule is CCCN(CCC)c1nc(Nc2cccc(F)c2)ncc1C#CCCCNC(=O)[C@H](C)N(C)C(=O)/C=C/CN(C)C. The molecule has 0 bridgehead atoms. The van der Waals surface area contributed by atoms with Crippen LogP contribution in [-0.2, 0) is 9.59 Å². The molecule has 2 rings (SSSR count). The highest BCUT2D eigenvalue weighted by Gasteiger charge is 2.20. The number of likely N-dealkylation sites (N-methyl/N-ethyl adjacent to an activating group) is 2. The predicted octanol–water partition coefficient (Wildman–Crippen LogP) is 4.20. The van der Waals surface area contributed by atoms with Gasteiger partial charge in [-0.15, -0.1) is 0 Å². The van der Waals surface area contributed by atoms with Crippen LogP contribution in [-0.4, -0.2) is 84.9 Å². The van der Waals surface area contributed by atoms with E-state index in [9.17, 15) is 14.0 Å². The Morgan fingerprint density at radius 1 is 1.15 bits per heavy atom. The molecule has 2 aromatic rings. The summed E-state index contributed by atoms with van der Waals surface area (Å²) >= 11 is 0. The lowest BCUT2D eigenvalue weighted by Crippen LogP contribution is -2.45. The number of benzene rings is 1. The van der Waals surface area contributed by atoms with Gasteiger partial charge in [-0.1, -0.05) is 37.8 Å². The largest absolute Gasteiger partial charge is 0.355 e. The predicted molar refractivity (Wildman–Crippen MR) is 164 cm³/mol. The molecule has 0 radical (unpaired) electrons. The Kier molecular flexibility index (Phi) is 14.3. The van der Waals surface area contributed by atoms with Crippen LogP contribution in [0.15, 0.2) is 42.6 Å². The minimum absolute atomic E-state index is 0.207. The topological polar surface area (TPSA) is 93.7 Å². The van der Waals surface area contributed by atoms with E-state index in [1.807, 2.05) is 19.0 Å². The van der Waals surface area contributed by atoms with Gasteiger partial charge < -0.3 is 25.3 Å². The summed E-state index contributed by atoms with van der Waals surface area (Å²) in [5, 5.41) is 5.96. The molecule has 1 atom stereocenters. The van der Waals surface area contributed by atoms with E-state index in [0.717, 1.165) is 37.3 Å². The molecule has 1 aromatic heterocycles. The number of halogens is 1. The van der Waals surface area contributed by atoms with E-state index in [1.165, 1.54) is 23.1 Å². The third kappa shape index (κ3) is 11.6. The van der Waals surface area contributed by atoms with Crippen molar-refractivity contribution in [3.8, 4) is 11.8 Å². The molecule has 41 heavy (non-hydrogen) atoms. The molecule has 2 N–H and O–H groups in total. The highest BCUT2D eigenvalue weighted by atomic mass is 19.1. The summed E-state index contributed by atoms with van der Waals surface area (Å²) in [5.74, 6) is 6.74. The number of nitrogens with one attached hydrogen (secondary N) is 2. The van der Waals surface area contributed by atoms with Gasteiger partial charge in [-0.05, 0) is 58.5 Å². The fourth-order valence-corrected chi connectivity index (χ4v) is 3.86. The van der Waals surface area contributed by atoms with Crippen molar-refractivity contribution in [1.29, 1.82) is 0 Å². The normalized spacial score (nSPS) is 11.6. The zero-order chi connectivity index (χ0) is 30.2. The molecule has 1 heterocycles. The van der Waals surface area contributed by atoms with Crippen LogP contribution in [0.25, 0.3) is 0 Å². The van der Waals surface area contributed by atoms with Crippen molar-refractivity contribution < 1.29 is 14.0 Å². The van der Waals surface area contributed by atoms with E-state index in [2.05, 4.69) is 46.2 Å². The summed E-state index contributed by atoms with van der Waals surface area (Å²) in [6, 6.07) is 5.59. The lowest BCUT2D eigenvalue weighted by molar-refractivity contribution is -0.135. The van der Waals surface area contributed by atoms with E-state index in [0.29, 0.717) is 37.6 Å².